The predicted octanol–water partition coefficient (Wildman–Crippen LogP) is 2.94. The van der Waals surface area contributed by atoms with Gasteiger partial charge in [0.15, 0.2) is 0 Å². The summed E-state index contributed by atoms with van der Waals surface area (Å²) in [5, 5.41) is 0. The smallest absolute Gasteiger partial charge is 0.118 e. The molecule has 1 heterocycles. The zero-order valence-corrected chi connectivity index (χ0v) is 12.6. The Labute approximate surface area is 121 Å². The van der Waals surface area contributed by atoms with E-state index in [0.29, 0.717) is 6.54 Å². The molecule has 1 unspecified atom stereocenters. The van der Waals surface area contributed by atoms with Gasteiger partial charge in [0, 0.05) is 18.5 Å². The average molecular weight is 272 g/mol. The first-order chi connectivity index (χ1) is 9.53. The van der Waals surface area contributed by atoms with Crippen molar-refractivity contribution in [2.75, 3.05) is 20.1 Å². The first-order valence-electron chi connectivity index (χ1n) is 7.03. The number of benzene rings is 1. The molecule has 1 aromatic carbocycles. The van der Waals surface area contributed by atoms with E-state index in [1.807, 2.05) is 25.1 Å². The molecule has 3 heteroatoms. The summed E-state index contributed by atoms with van der Waals surface area (Å²) in [4.78, 5) is 2.26. The molecule has 2 aromatic rings. The fourth-order valence-electron chi connectivity index (χ4n) is 2.60. The quantitative estimate of drug-likeness (QED) is 0.879. The van der Waals surface area contributed by atoms with Crippen molar-refractivity contribution in [3.63, 3.8) is 0 Å². The maximum atomic E-state index is 6.03. The number of nitrogens with zero attached hydrogens (tertiary/aromatic N) is 1. The Bertz CT molecular complexity index is 535. The van der Waals surface area contributed by atoms with Gasteiger partial charge in [0.25, 0.3) is 0 Å². The van der Waals surface area contributed by atoms with Gasteiger partial charge in [-0.2, -0.15) is 0 Å². The summed E-state index contributed by atoms with van der Waals surface area (Å²) in [6, 6.07) is 14.5. The molecule has 20 heavy (non-hydrogen) atoms. The zero-order valence-electron chi connectivity index (χ0n) is 12.6. The van der Waals surface area contributed by atoms with Gasteiger partial charge in [0.2, 0.25) is 0 Å². The van der Waals surface area contributed by atoms with Crippen LogP contribution in [0.25, 0.3) is 0 Å². The van der Waals surface area contributed by atoms with Gasteiger partial charge in [-0.05, 0) is 31.7 Å². The van der Waals surface area contributed by atoms with Crippen molar-refractivity contribution in [1.29, 1.82) is 0 Å². The minimum absolute atomic E-state index is 0.0440. The van der Waals surface area contributed by atoms with Crippen LogP contribution in [0, 0.1) is 6.92 Å². The molecule has 1 aromatic heterocycles. The lowest BCUT2D eigenvalue weighted by Gasteiger charge is -2.33. The lowest BCUT2D eigenvalue weighted by Crippen LogP contribution is -2.42. The molecule has 108 valence electrons. The highest BCUT2D eigenvalue weighted by atomic mass is 16.3. The van der Waals surface area contributed by atoms with Crippen LogP contribution < -0.4 is 5.73 Å². The van der Waals surface area contributed by atoms with Gasteiger partial charge in [-0.3, -0.25) is 4.90 Å². The number of rotatable bonds is 6. The van der Waals surface area contributed by atoms with E-state index in [2.05, 4.69) is 43.1 Å². The summed E-state index contributed by atoms with van der Waals surface area (Å²) in [6.07, 6.45) is 0. The van der Waals surface area contributed by atoms with E-state index >= 15 is 0 Å². The standard InChI is InChI=1S/C17H24N2O/c1-14-9-10-16(20-14)11-19(3)13-17(2,12-18)15-7-5-4-6-8-15/h4-10H,11-13,18H2,1-3H3. The fourth-order valence-corrected chi connectivity index (χ4v) is 2.60. The molecule has 0 aliphatic carbocycles. The molecule has 0 aliphatic heterocycles. The normalized spacial score (nSPS) is 14.4. The van der Waals surface area contributed by atoms with E-state index in [0.717, 1.165) is 24.6 Å². The van der Waals surface area contributed by atoms with Crippen LogP contribution in [-0.4, -0.2) is 25.0 Å². The Morgan fingerprint density at radius 2 is 1.85 bits per heavy atom. The van der Waals surface area contributed by atoms with E-state index < -0.39 is 0 Å². The van der Waals surface area contributed by atoms with Crippen LogP contribution in [0.15, 0.2) is 46.9 Å². The second-order valence-electron chi connectivity index (χ2n) is 5.82. The van der Waals surface area contributed by atoms with Gasteiger partial charge in [-0.1, -0.05) is 37.3 Å². The van der Waals surface area contributed by atoms with Gasteiger partial charge in [-0.25, -0.2) is 0 Å². The highest BCUT2D eigenvalue weighted by Gasteiger charge is 2.26. The Morgan fingerprint density at radius 3 is 2.40 bits per heavy atom. The van der Waals surface area contributed by atoms with Crippen molar-refractivity contribution >= 4 is 0 Å². The van der Waals surface area contributed by atoms with Gasteiger partial charge >= 0.3 is 0 Å². The number of hydrogen-bond acceptors (Lipinski definition) is 3. The average Bonchev–Trinajstić information content (AvgIpc) is 2.84. The van der Waals surface area contributed by atoms with Crippen molar-refractivity contribution in [1.82, 2.24) is 4.90 Å². The minimum Gasteiger partial charge on any atom is -0.465 e. The predicted molar refractivity (Wildman–Crippen MR) is 82.6 cm³/mol. The van der Waals surface area contributed by atoms with Crippen LogP contribution in [0.3, 0.4) is 0 Å². The van der Waals surface area contributed by atoms with E-state index in [1.165, 1.54) is 5.56 Å². The summed E-state index contributed by atoms with van der Waals surface area (Å²) in [5.74, 6) is 1.95. The molecule has 0 fully saturated rings. The molecule has 0 bridgehead atoms. The molecule has 0 saturated carbocycles. The zero-order chi connectivity index (χ0) is 14.6. The highest BCUT2D eigenvalue weighted by molar-refractivity contribution is 5.25. The van der Waals surface area contributed by atoms with Crippen LogP contribution in [0.2, 0.25) is 0 Å². The molecule has 0 radical (unpaired) electrons. The summed E-state index contributed by atoms with van der Waals surface area (Å²) >= 11 is 0. The van der Waals surface area contributed by atoms with Crippen LogP contribution in [0.1, 0.15) is 24.0 Å². The van der Waals surface area contributed by atoms with Gasteiger partial charge in [0.05, 0.1) is 6.54 Å². The third-order valence-corrected chi connectivity index (χ3v) is 3.76. The van der Waals surface area contributed by atoms with Crippen molar-refractivity contribution < 1.29 is 4.42 Å². The maximum Gasteiger partial charge on any atom is 0.118 e. The van der Waals surface area contributed by atoms with Gasteiger partial charge < -0.3 is 10.2 Å². The monoisotopic (exact) mass is 272 g/mol. The number of hydrogen-bond donors (Lipinski definition) is 1. The molecule has 0 amide bonds. The SMILES string of the molecule is Cc1ccc(CN(C)CC(C)(CN)c2ccccc2)o1. The van der Waals surface area contributed by atoms with Crippen LogP contribution >= 0.6 is 0 Å². The van der Waals surface area contributed by atoms with Crippen molar-refractivity contribution in [3.05, 3.63) is 59.5 Å². The first-order valence-corrected chi connectivity index (χ1v) is 7.03. The molecule has 0 aliphatic rings. The minimum atomic E-state index is -0.0440. The van der Waals surface area contributed by atoms with E-state index in [-0.39, 0.29) is 5.41 Å². The summed E-state index contributed by atoms with van der Waals surface area (Å²) < 4.78 is 5.64. The third-order valence-electron chi connectivity index (χ3n) is 3.76. The topological polar surface area (TPSA) is 42.4 Å². The maximum absolute atomic E-state index is 6.03. The molecule has 1 atom stereocenters. The number of furan rings is 1. The van der Waals surface area contributed by atoms with Crippen LogP contribution in [0.5, 0.6) is 0 Å². The number of aryl methyl sites for hydroxylation is 1. The highest BCUT2D eigenvalue weighted by Crippen LogP contribution is 2.24. The van der Waals surface area contributed by atoms with E-state index in [9.17, 15) is 0 Å². The lowest BCUT2D eigenvalue weighted by molar-refractivity contribution is 0.234. The van der Waals surface area contributed by atoms with Crippen molar-refractivity contribution in [2.45, 2.75) is 25.8 Å². The molecule has 2 rings (SSSR count). The number of nitrogens with two attached hydrogens (primary N) is 1. The first kappa shape index (κ1) is 14.8. The van der Waals surface area contributed by atoms with E-state index in [4.69, 9.17) is 10.2 Å². The van der Waals surface area contributed by atoms with E-state index in [1.54, 1.807) is 0 Å². The van der Waals surface area contributed by atoms with Crippen molar-refractivity contribution in [2.24, 2.45) is 5.73 Å². The summed E-state index contributed by atoms with van der Waals surface area (Å²) in [6.45, 7) is 6.51. The van der Waals surface area contributed by atoms with Crippen LogP contribution in [-0.2, 0) is 12.0 Å². The lowest BCUT2D eigenvalue weighted by atomic mass is 9.82. The molecule has 0 saturated heterocycles. The summed E-state index contributed by atoms with van der Waals surface area (Å²) in [7, 11) is 2.11. The van der Waals surface area contributed by atoms with Crippen LogP contribution in [0.4, 0.5) is 0 Å². The molecular formula is C17H24N2O. The largest absolute Gasteiger partial charge is 0.465 e. The Balaban J connectivity index is 2.06. The molecule has 3 nitrogen and oxygen atoms in total. The summed E-state index contributed by atoms with van der Waals surface area (Å²) in [5.41, 5.74) is 7.27. The molecular weight excluding hydrogens is 248 g/mol. The third kappa shape index (κ3) is 3.50. The van der Waals surface area contributed by atoms with Crippen molar-refractivity contribution in [3.8, 4) is 0 Å². The fraction of sp³-hybridized carbons (Fsp3) is 0.412. The Kier molecular flexibility index (Phi) is 4.63. The second-order valence-corrected chi connectivity index (χ2v) is 5.82. The van der Waals surface area contributed by atoms with Gasteiger partial charge in [-0.15, -0.1) is 0 Å². The second kappa shape index (κ2) is 6.25. The molecule has 2 N–H and O–H groups in total. The Hall–Kier alpha value is -1.58. The van der Waals surface area contributed by atoms with Gasteiger partial charge in [0.1, 0.15) is 11.5 Å². The molecule has 0 spiro atoms. The Morgan fingerprint density at radius 1 is 1.15 bits per heavy atom. The number of likely N-dealkylation sites (N-methyl/N-ethyl adjacent to an activating group) is 1.